The number of nitrogens with one attached hydrogen (secondary N) is 1. The molecule has 1 fully saturated rings. The highest BCUT2D eigenvalue weighted by atomic mass is 32.1. The molecule has 1 aliphatic heterocycles. The third kappa shape index (κ3) is 6.33. The molecule has 0 aliphatic carbocycles. The quantitative estimate of drug-likeness (QED) is 0.540. The third-order valence-corrected chi connectivity index (χ3v) is 6.03. The molecular formula is C24H26F3N5S. The fourth-order valence-corrected chi connectivity index (χ4v) is 4.11. The molecule has 2 heterocycles. The van der Waals surface area contributed by atoms with E-state index < -0.39 is 11.7 Å². The fraction of sp³-hybridized carbons (Fsp3) is 0.333. The highest BCUT2D eigenvalue weighted by Gasteiger charge is 2.30. The van der Waals surface area contributed by atoms with E-state index >= 15 is 0 Å². The second-order valence-corrected chi connectivity index (χ2v) is 8.69. The minimum Gasteiger partial charge on any atom is -0.346 e. The predicted molar refractivity (Wildman–Crippen MR) is 127 cm³/mol. The van der Waals surface area contributed by atoms with Crippen molar-refractivity contribution in [2.45, 2.75) is 26.2 Å². The lowest BCUT2D eigenvalue weighted by molar-refractivity contribution is -0.137. The molecule has 2 aromatic carbocycles. The maximum Gasteiger partial charge on any atom is 0.416 e. The number of hydrogen-bond donors (Lipinski definition) is 1. The number of aromatic nitrogens is 2. The molecule has 3 aromatic rings. The molecule has 9 heteroatoms. The van der Waals surface area contributed by atoms with Crippen molar-refractivity contribution in [1.82, 2.24) is 19.6 Å². The van der Waals surface area contributed by atoms with Gasteiger partial charge in [-0.3, -0.25) is 9.58 Å². The Morgan fingerprint density at radius 3 is 2.42 bits per heavy atom. The first-order chi connectivity index (χ1) is 15.8. The summed E-state index contributed by atoms with van der Waals surface area (Å²) in [7, 11) is 0. The number of halogens is 3. The van der Waals surface area contributed by atoms with Gasteiger partial charge < -0.3 is 10.2 Å². The number of anilines is 1. The van der Waals surface area contributed by atoms with Gasteiger partial charge in [-0.1, -0.05) is 48.0 Å². The van der Waals surface area contributed by atoms with E-state index in [0.29, 0.717) is 36.9 Å². The van der Waals surface area contributed by atoms with Gasteiger partial charge in [0.2, 0.25) is 0 Å². The number of rotatable bonds is 5. The minimum atomic E-state index is -4.32. The Balaban J connectivity index is 1.26. The van der Waals surface area contributed by atoms with E-state index in [9.17, 15) is 13.2 Å². The molecule has 33 heavy (non-hydrogen) atoms. The zero-order chi connectivity index (χ0) is 23.4. The molecular weight excluding hydrogens is 447 g/mol. The van der Waals surface area contributed by atoms with Gasteiger partial charge in [-0.15, -0.1) is 0 Å². The zero-order valence-corrected chi connectivity index (χ0v) is 19.2. The van der Waals surface area contributed by atoms with E-state index in [4.69, 9.17) is 12.2 Å². The van der Waals surface area contributed by atoms with E-state index in [-0.39, 0.29) is 0 Å². The molecule has 1 aliphatic rings. The van der Waals surface area contributed by atoms with Crippen molar-refractivity contribution >= 4 is 23.0 Å². The Morgan fingerprint density at radius 2 is 1.73 bits per heavy atom. The van der Waals surface area contributed by atoms with Crippen molar-refractivity contribution in [2.75, 3.05) is 31.5 Å². The monoisotopic (exact) mass is 473 g/mol. The van der Waals surface area contributed by atoms with Crippen molar-refractivity contribution in [3.05, 3.63) is 83.2 Å². The SMILES string of the molecule is Cc1ccc(Cn2cc(NC(=S)N3CCN(Cc4cccc(C(F)(F)F)c4)CC3)cn2)cc1. The van der Waals surface area contributed by atoms with Crippen LogP contribution in [0.5, 0.6) is 0 Å². The van der Waals surface area contributed by atoms with Crippen molar-refractivity contribution in [3.63, 3.8) is 0 Å². The standard InChI is InChI=1S/C24H26F3N5S/c1-18-5-7-19(8-6-18)16-32-17-22(14-28-32)29-23(33)31-11-9-30(10-12-31)15-20-3-2-4-21(13-20)24(25,26)27/h2-8,13-14,17H,9-12,15-16H2,1H3,(H,29,33). The minimum absolute atomic E-state index is 0.490. The predicted octanol–water partition coefficient (Wildman–Crippen LogP) is 4.77. The number of aryl methyl sites for hydroxylation is 1. The van der Waals surface area contributed by atoms with Gasteiger partial charge in [-0.25, -0.2) is 0 Å². The van der Waals surface area contributed by atoms with E-state index in [0.717, 1.165) is 24.8 Å². The van der Waals surface area contributed by atoms with Crippen LogP contribution in [0.25, 0.3) is 0 Å². The molecule has 0 unspecified atom stereocenters. The van der Waals surface area contributed by atoms with Crippen LogP contribution in [0.1, 0.15) is 22.3 Å². The number of piperazine rings is 1. The largest absolute Gasteiger partial charge is 0.416 e. The Hall–Kier alpha value is -2.91. The lowest BCUT2D eigenvalue weighted by Crippen LogP contribution is -2.49. The molecule has 174 valence electrons. The van der Waals surface area contributed by atoms with Crippen LogP contribution < -0.4 is 5.32 Å². The van der Waals surface area contributed by atoms with Gasteiger partial charge in [0.05, 0.1) is 24.0 Å². The summed E-state index contributed by atoms with van der Waals surface area (Å²) in [6, 6.07) is 13.9. The van der Waals surface area contributed by atoms with Gasteiger partial charge in [0, 0.05) is 38.9 Å². The van der Waals surface area contributed by atoms with E-state index in [1.807, 2.05) is 10.9 Å². The van der Waals surface area contributed by atoms with Crippen LogP contribution in [0, 0.1) is 6.92 Å². The number of benzene rings is 2. The van der Waals surface area contributed by atoms with Gasteiger partial charge in [-0.05, 0) is 36.3 Å². The average Bonchev–Trinajstić information content (AvgIpc) is 3.22. The van der Waals surface area contributed by atoms with Crippen molar-refractivity contribution in [1.29, 1.82) is 0 Å². The lowest BCUT2D eigenvalue weighted by Gasteiger charge is -2.36. The van der Waals surface area contributed by atoms with Gasteiger partial charge in [0.15, 0.2) is 5.11 Å². The summed E-state index contributed by atoms with van der Waals surface area (Å²) in [4.78, 5) is 4.23. The number of nitrogens with zero attached hydrogens (tertiary/aromatic N) is 4. The molecule has 0 saturated carbocycles. The molecule has 0 bridgehead atoms. The van der Waals surface area contributed by atoms with Crippen LogP contribution in [-0.4, -0.2) is 50.9 Å². The molecule has 1 saturated heterocycles. The van der Waals surface area contributed by atoms with Crippen LogP contribution in [0.4, 0.5) is 18.9 Å². The Labute approximate surface area is 196 Å². The first-order valence-corrected chi connectivity index (χ1v) is 11.2. The number of thiocarbonyl (C=S) groups is 1. The van der Waals surface area contributed by atoms with Crippen LogP contribution in [-0.2, 0) is 19.3 Å². The van der Waals surface area contributed by atoms with Crippen LogP contribution >= 0.6 is 12.2 Å². The van der Waals surface area contributed by atoms with Crippen molar-refractivity contribution < 1.29 is 13.2 Å². The highest BCUT2D eigenvalue weighted by molar-refractivity contribution is 7.80. The first-order valence-electron chi connectivity index (χ1n) is 10.8. The summed E-state index contributed by atoms with van der Waals surface area (Å²) in [5, 5.41) is 8.28. The molecule has 5 nitrogen and oxygen atoms in total. The summed E-state index contributed by atoms with van der Waals surface area (Å²) >= 11 is 5.57. The molecule has 1 aromatic heterocycles. The van der Waals surface area contributed by atoms with Crippen molar-refractivity contribution in [3.8, 4) is 0 Å². The van der Waals surface area contributed by atoms with Gasteiger partial charge >= 0.3 is 6.18 Å². The second-order valence-electron chi connectivity index (χ2n) is 8.30. The highest BCUT2D eigenvalue weighted by Crippen LogP contribution is 2.29. The molecule has 1 N–H and O–H groups in total. The Bertz CT molecular complexity index is 1090. The lowest BCUT2D eigenvalue weighted by atomic mass is 10.1. The van der Waals surface area contributed by atoms with Crippen LogP contribution in [0.3, 0.4) is 0 Å². The van der Waals surface area contributed by atoms with Crippen molar-refractivity contribution in [2.24, 2.45) is 0 Å². The van der Waals surface area contributed by atoms with E-state index in [2.05, 4.69) is 51.4 Å². The molecule has 0 spiro atoms. The third-order valence-electron chi connectivity index (χ3n) is 5.67. The van der Waals surface area contributed by atoms with Gasteiger partial charge in [0.25, 0.3) is 0 Å². The normalized spacial score (nSPS) is 15.0. The maximum atomic E-state index is 12.9. The Morgan fingerprint density at radius 1 is 1.00 bits per heavy atom. The Kier molecular flexibility index (Phi) is 6.99. The smallest absolute Gasteiger partial charge is 0.346 e. The van der Waals surface area contributed by atoms with E-state index in [1.54, 1.807) is 12.3 Å². The number of hydrogen-bond acceptors (Lipinski definition) is 3. The second kappa shape index (κ2) is 9.93. The summed E-state index contributed by atoms with van der Waals surface area (Å²) < 4.78 is 40.7. The molecule has 0 atom stereocenters. The number of alkyl halides is 3. The molecule has 0 amide bonds. The molecule has 0 radical (unpaired) electrons. The maximum absolute atomic E-state index is 12.9. The summed E-state index contributed by atoms with van der Waals surface area (Å²) in [5.74, 6) is 0. The zero-order valence-electron chi connectivity index (χ0n) is 18.3. The van der Waals surface area contributed by atoms with Crippen LogP contribution in [0.15, 0.2) is 60.9 Å². The van der Waals surface area contributed by atoms with Gasteiger partial charge in [-0.2, -0.15) is 18.3 Å². The van der Waals surface area contributed by atoms with Gasteiger partial charge in [0.1, 0.15) is 0 Å². The summed E-state index contributed by atoms with van der Waals surface area (Å²) in [6.07, 6.45) is -0.638. The average molecular weight is 474 g/mol. The summed E-state index contributed by atoms with van der Waals surface area (Å²) in [6.45, 7) is 6.11. The summed E-state index contributed by atoms with van der Waals surface area (Å²) in [5.41, 5.74) is 3.29. The van der Waals surface area contributed by atoms with E-state index in [1.165, 1.54) is 23.3 Å². The molecule has 4 rings (SSSR count). The van der Waals surface area contributed by atoms with Crippen LogP contribution in [0.2, 0.25) is 0 Å². The topological polar surface area (TPSA) is 36.3 Å². The first kappa shape index (κ1) is 23.3. The fourth-order valence-electron chi connectivity index (χ4n) is 3.81.